The summed E-state index contributed by atoms with van der Waals surface area (Å²) in [5.74, 6) is 0. The average molecular weight is 223 g/mol. The molecule has 2 nitrogen and oxygen atoms in total. The van der Waals surface area contributed by atoms with Crippen molar-refractivity contribution in [3.8, 4) is 0 Å². The van der Waals surface area contributed by atoms with Crippen molar-refractivity contribution in [1.82, 2.24) is 10.2 Å². The molecule has 2 saturated heterocycles. The lowest BCUT2D eigenvalue weighted by atomic mass is 10.2. The molecular weight excluding hydrogens is 208 g/mol. The second kappa shape index (κ2) is 3.78. The fourth-order valence-corrected chi connectivity index (χ4v) is 2.79. The maximum Gasteiger partial charge on any atom is 0.0406 e. The van der Waals surface area contributed by atoms with Gasteiger partial charge in [-0.05, 0) is 24.1 Å². The predicted molar refractivity (Wildman–Crippen MR) is 62.1 cm³/mol. The lowest BCUT2D eigenvalue weighted by molar-refractivity contribution is 0.218. The van der Waals surface area contributed by atoms with Gasteiger partial charge in [0.1, 0.15) is 0 Å². The normalized spacial score (nSPS) is 29.9. The molecule has 1 aromatic rings. The van der Waals surface area contributed by atoms with Crippen LogP contribution in [-0.4, -0.2) is 30.1 Å². The molecule has 3 heteroatoms. The zero-order valence-electron chi connectivity index (χ0n) is 8.62. The number of fused-ring (bicyclic) bond motifs is 2. The molecule has 0 unspecified atom stereocenters. The Bertz CT molecular complexity index is 349. The molecule has 0 spiro atoms. The van der Waals surface area contributed by atoms with Gasteiger partial charge in [-0.3, -0.25) is 4.90 Å². The molecule has 2 bridgehead atoms. The zero-order valence-corrected chi connectivity index (χ0v) is 9.37. The molecule has 0 amide bonds. The van der Waals surface area contributed by atoms with Gasteiger partial charge in [0.15, 0.2) is 0 Å². The van der Waals surface area contributed by atoms with Crippen LogP contribution in [0.25, 0.3) is 0 Å². The second-order valence-corrected chi connectivity index (χ2v) is 4.99. The Morgan fingerprint density at radius 3 is 2.73 bits per heavy atom. The van der Waals surface area contributed by atoms with Gasteiger partial charge in [0.2, 0.25) is 0 Å². The minimum absolute atomic E-state index is 0.738. The Morgan fingerprint density at radius 2 is 2.13 bits per heavy atom. The van der Waals surface area contributed by atoms with Crippen molar-refractivity contribution in [2.75, 3.05) is 13.1 Å². The molecule has 2 heterocycles. The molecule has 80 valence electrons. The molecule has 2 aliphatic heterocycles. The van der Waals surface area contributed by atoms with E-state index in [-0.39, 0.29) is 0 Å². The van der Waals surface area contributed by atoms with Crippen LogP contribution in [0.5, 0.6) is 0 Å². The van der Waals surface area contributed by atoms with Gasteiger partial charge in [-0.2, -0.15) is 0 Å². The van der Waals surface area contributed by atoms with Crippen LogP contribution in [0, 0.1) is 0 Å². The maximum atomic E-state index is 5.87. The lowest BCUT2D eigenvalue weighted by Gasteiger charge is -2.27. The Hall–Kier alpha value is -0.570. The quantitative estimate of drug-likeness (QED) is 0.822. The largest absolute Gasteiger partial charge is 0.311 e. The summed E-state index contributed by atoms with van der Waals surface area (Å²) in [5.41, 5.74) is 1.37. The molecule has 3 rings (SSSR count). The van der Waals surface area contributed by atoms with Crippen molar-refractivity contribution in [3.63, 3.8) is 0 Å². The number of likely N-dealkylation sites (tertiary alicyclic amines) is 1. The molecule has 15 heavy (non-hydrogen) atoms. The van der Waals surface area contributed by atoms with Crippen molar-refractivity contribution >= 4 is 11.6 Å². The molecular formula is C12H15ClN2. The van der Waals surface area contributed by atoms with Crippen molar-refractivity contribution in [2.45, 2.75) is 25.0 Å². The van der Waals surface area contributed by atoms with E-state index in [9.17, 15) is 0 Å². The number of nitrogens with one attached hydrogen (secondary N) is 1. The Kier molecular flexibility index (Phi) is 2.43. The summed E-state index contributed by atoms with van der Waals surface area (Å²) < 4.78 is 0. The summed E-state index contributed by atoms with van der Waals surface area (Å²) in [6, 6.07) is 9.70. The van der Waals surface area contributed by atoms with Crippen LogP contribution in [0.4, 0.5) is 0 Å². The standard InChI is InChI=1S/C12H15ClN2/c13-10-3-1-9(2-4-10)7-15-8-11-5-12(15)6-14-11/h1-4,11-12,14H,5-8H2/t11-,12-/m1/s1. The summed E-state index contributed by atoms with van der Waals surface area (Å²) in [4.78, 5) is 2.57. The van der Waals surface area contributed by atoms with Gasteiger partial charge < -0.3 is 5.32 Å². The summed E-state index contributed by atoms with van der Waals surface area (Å²) in [7, 11) is 0. The summed E-state index contributed by atoms with van der Waals surface area (Å²) >= 11 is 5.87. The fourth-order valence-electron chi connectivity index (χ4n) is 2.67. The van der Waals surface area contributed by atoms with E-state index in [4.69, 9.17) is 11.6 Å². The van der Waals surface area contributed by atoms with Crippen molar-refractivity contribution in [2.24, 2.45) is 0 Å². The average Bonchev–Trinajstić information content (AvgIpc) is 2.83. The highest BCUT2D eigenvalue weighted by Gasteiger charge is 2.36. The van der Waals surface area contributed by atoms with E-state index >= 15 is 0 Å². The Morgan fingerprint density at radius 1 is 1.33 bits per heavy atom. The number of piperazine rings is 1. The molecule has 0 aliphatic carbocycles. The first-order valence-electron chi connectivity index (χ1n) is 5.53. The first-order chi connectivity index (χ1) is 7.31. The number of hydrogen-bond donors (Lipinski definition) is 1. The highest BCUT2D eigenvalue weighted by Crippen LogP contribution is 2.25. The van der Waals surface area contributed by atoms with E-state index in [1.165, 1.54) is 18.5 Å². The molecule has 0 radical (unpaired) electrons. The summed E-state index contributed by atoms with van der Waals surface area (Å²) in [5, 5.41) is 4.34. The molecule has 2 fully saturated rings. The van der Waals surface area contributed by atoms with Gasteiger partial charge in [-0.25, -0.2) is 0 Å². The summed E-state index contributed by atoms with van der Waals surface area (Å²) in [6.45, 7) is 3.44. The number of benzene rings is 1. The van der Waals surface area contributed by atoms with Crippen LogP contribution in [-0.2, 0) is 6.54 Å². The Balaban J connectivity index is 1.68. The van der Waals surface area contributed by atoms with Gasteiger partial charge in [0, 0.05) is 36.7 Å². The van der Waals surface area contributed by atoms with Gasteiger partial charge in [0.05, 0.1) is 0 Å². The van der Waals surface area contributed by atoms with E-state index in [2.05, 4.69) is 22.3 Å². The van der Waals surface area contributed by atoms with Gasteiger partial charge in [-0.15, -0.1) is 0 Å². The zero-order chi connectivity index (χ0) is 10.3. The maximum absolute atomic E-state index is 5.87. The molecule has 2 aliphatic rings. The monoisotopic (exact) mass is 222 g/mol. The number of rotatable bonds is 2. The third-order valence-corrected chi connectivity index (χ3v) is 3.72. The highest BCUT2D eigenvalue weighted by molar-refractivity contribution is 6.30. The molecule has 1 N–H and O–H groups in total. The van der Waals surface area contributed by atoms with Crippen LogP contribution in [0.3, 0.4) is 0 Å². The third-order valence-electron chi connectivity index (χ3n) is 3.47. The second-order valence-electron chi connectivity index (χ2n) is 4.55. The van der Waals surface area contributed by atoms with Crippen LogP contribution >= 0.6 is 11.6 Å². The number of hydrogen-bond acceptors (Lipinski definition) is 2. The first-order valence-corrected chi connectivity index (χ1v) is 5.91. The molecule has 2 atom stereocenters. The number of halogens is 1. The molecule has 0 saturated carbocycles. The van der Waals surface area contributed by atoms with Crippen LogP contribution < -0.4 is 5.32 Å². The molecule has 1 aromatic carbocycles. The minimum Gasteiger partial charge on any atom is -0.311 e. The van der Waals surface area contributed by atoms with Crippen LogP contribution in [0.2, 0.25) is 5.02 Å². The van der Waals surface area contributed by atoms with E-state index in [0.29, 0.717) is 0 Å². The third kappa shape index (κ3) is 1.89. The van der Waals surface area contributed by atoms with Gasteiger partial charge in [0.25, 0.3) is 0 Å². The predicted octanol–water partition coefficient (Wildman–Crippen LogP) is 1.89. The van der Waals surface area contributed by atoms with Gasteiger partial charge >= 0.3 is 0 Å². The van der Waals surface area contributed by atoms with Crippen molar-refractivity contribution in [3.05, 3.63) is 34.9 Å². The van der Waals surface area contributed by atoms with Crippen molar-refractivity contribution in [1.29, 1.82) is 0 Å². The fraction of sp³-hybridized carbons (Fsp3) is 0.500. The van der Waals surface area contributed by atoms with E-state index in [1.807, 2.05) is 12.1 Å². The first kappa shape index (κ1) is 9.64. The SMILES string of the molecule is Clc1ccc(CN2C[C@H]3C[C@@H]2CN3)cc1. The van der Waals surface area contributed by atoms with Crippen LogP contribution in [0.1, 0.15) is 12.0 Å². The smallest absolute Gasteiger partial charge is 0.0406 e. The number of nitrogens with zero attached hydrogens (tertiary/aromatic N) is 1. The van der Waals surface area contributed by atoms with Crippen molar-refractivity contribution < 1.29 is 0 Å². The minimum atomic E-state index is 0.738. The summed E-state index contributed by atoms with van der Waals surface area (Å²) in [6.07, 6.45) is 1.33. The Labute approximate surface area is 95.2 Å². The lowest BCUT2D eigenvalue weighted by Crippen LogP contribution is -2.42. The van der Waals surface area contributed by atoms with E-state index < -0.39 is 0 Å². The van der Waals surface area contributed by atoms with Gasteiger partial charge in [-0.1, -0.05) is 23.7 Å². The van der Waals surface area contributed by atoms with Crippen LogP contribution in [0.15, 0.2) is 24.3 Å². The molecule has 0 aromatic heterocycles. The van der Waals surface area contributed by atoms with E-state index in [0.717, 1.165) is 30.2 Å². The van der Waals surface area contributed by atoms with E-state index in [1.54, 1.807) is 0 Å². The highest BCUT2D eigenvalue weighted by atomic mass is 35.5. The topological polar surface area (TPSA) is 15.3 Å².